The predicted molar refractivity (Wildman–Crippen MR) is 54.6 cm³/mol. The van der Waals surface area contributed by atoms with Crippen LogP contribution in [0.25, 0.3) is 10.4 Å². The summed E-state index contributed by atoms with van der Waals surface area (Å²) in [6.45, 7) is -0.522. The molecule has 0 saturated carbocycles. The van der Waals surface area contributed by atoms with Crippen molar-refractivity contribution in [2.75, 3.05) is 6.54 Å². The summed E-state index contributed by atoms with van der Waals surface area (Å²) in [4.78, 5) is 37.0. The molecule has 94 valence electrons. The number of azide groups is 1. The minimum atomic E-state index is -1.32. The Morgan fingerprint density at radius 1 is 1.56 bits per heavy atom. The maximum absolute atomic E-state index is 11.3. The molecule has 1 saturated heterocycles. The Morgan fingerprint density at radius 3 is 2.83 bits per heavy atom. The Hall–Kier alpha value is -2.54. The number of rotatable bonds is 4. The Morgan fingerprint density at radius 2 is 2.28 bits per heavy atom. The van der Waals surface area contributed by atoms with Gasteiger partial charge < -0.3 is 9.84 Å². The zero-order valence-electron chi connectivity index (χ0n) is 9.07. The minimum Gasteiger partial charge on any atom is -0.476 e. The summed E-state index contributed by atoms with van der Waals surface area (Å²) in [5.74, 6) is -2.54. The molecule has 0 radical (unpaired) electrons. The van der Waals surface area contributed by atoms with Crippen LogP contribution in [-0.2, 0) is 19.1 Å². The number of nitrogens with zero attached hydrogens (tertiary/aromatic N) is 4. The molecule has 0 aromatic heterocycles. The average molecular weight is 252 g/mol. The number of β-lactam (4-membered cyclic amide) rings is 1. The van der Waals surface area contributed by atoms with Crippen LogP contribution in [-0.4, -0.2) is 40.4 Å². The first-order valence-electron chi connectivity index (χ1n) is 5.04. The number of amides is 1. The van der Waals surface area contributed by atoms with Gasteiger partial charge in [-0.25, -0.2) is 4.79 Å². The number of esters is 1. The summed E-state index contributed by atoms with van der Waals surface area (Å²) in [7, 11) is 0. The van der Waals surface area contributed by atoms with Crippen LogP contribution >= 0.6 is 0 Å². The maximum atomic E-state index is 11.3. The van der Waals surface area contributed by atoms with Gasteiger partial charge in [-0.05, 0) is 5.53 Å². The molecule has 1 atom stereocenters. The van der Waals surface area contributed by atoms with Gasteiger partial charge in [0.25, 0.3) is 0 Å². The molecule has 1 N–H and O–H groups in total. The third-order valence-electron chi connectivity index (χ3n) is 2.67. The standard InChI is InChI=1S/C9H8N4O5/c10-12-11-3-7(15)18-5-1-4-2-6(14)13(4)8(5)9(16)17/h4H,1-3H2,(H,16,17). The molecule has 0 spiro atoms. The van der Waals surface area contributed by atoms with E-state index in [2.05, 4.69) is 10.0 Å². The molecule has 2 rings (SSSR count). The predicted octanol–water partition coefficient (Wildman–Crippen LogP) is 0.141. The molecule has 0 aliphatic carbocycles. The average Bonchev–Trinajstić information content (AvgIpc) is 2.59. The quantitative estimate of drug-likeness (QED) is 0.250. The molecule has 2 aliphatic heterocycles. The lowest BCUT2D eigenvalue weighted by molar-refractivity contribution is -0.147. The van der Waals surface area contributed by atoms with Crippen LogP contribution in [0.5, 0.6) is 0 Å². The third-order valence-corrected chi connectivity index (χ3v) is 2.67. The Bertz CT molecular complexity index is 519. The first-order chi connectivity index (χ1) is 8.54. The highest BCUT2D eigenvalue weighted by Gasteiger charge is 2.48. The van der Waals surface area contributed by atoms with E-state index < -0.39 is 18.5 Å². The van der Waals surface area contributed by atoms with Crippen molar-refractivity contribution >= 4 is 17.8 Å². The van der Waals surface area contributed by atoms with Crippen LogP contribution < -0.4 is 0 Å². The van der Waals surface area contributed by atoms with E-state index in [4.69, 9.17) is 15.4 Å². The van der Waals surface area contributed by atoms with Crippen molar-refractivity contribution in [2.45, 2.75) is 18.9 Å². The second-order valence-electron chi connectivity index (χ2n) is 3.77. The van der Waals surface area contributed by atoms with Crippen molar-refractivity contribution in [2.24, 2.45) is 5.11 Å². The second kappa shape index (κ2) is 4.38. The molecule has 9 heteroatoms. The highest BCUT2D eigenvalue weighted by Crippen LogP contribution is 2.38. The van der Waals surface area contributed by atoms with Gasteiger partial charge in [-0.2, -0.15) is 0 Å². The molecule has 0 aromatic rings. The zero-order chi connectivity index (χ0) is 13.3. The van der Waals surface area contributed by atoms with Crippen LogP contribution in [0.4, 0.5) is 0 Å². The van der Waals surface area contributed by atoms with Crippen LogP contribution in [0.3, 0.4) is 0 Å². The number of carbonyl (C=O) groups is 3. The summed E-state index contributed by atoms with van der Waals surface area (Å²) < 4.78 is 4.82. The van der Waals surface area contributed by atoms with Gasteiger partial charge in [0.05, 0.1) is 6.04 Å². The molecule has 1 unspecified atom stereocenters. The Labute approximate surface area is 100 Å². The van der Waals surface area contributed by atoms with E-state index in [0.29, 0.717) is 0 Å². The minimum absolute atomic E-state index is 0.0588. The largest absolute Gasteiger partial charge is 0.476 e. The molecule has 2 aliphatic rings. The molecule has 2 heterocycles. The topological polar surface area (TPSA) is 133 Å². The van der Waals surface area contributed by atoms with E-state index in [-0.39, 0.29) is 36.2 Å². The monoisotopic (exact) mass is 252 g/mol. The van der Waals surface area contributed by atoms with Gasteiger partial charge in [0.1, 0.15) is 12.3 Å². The van der Waals surface area contributed by atoms with Gasteiger partial charge in [-0.3, -0.25) is 14.5 Å². The van der Waals surface area contributed by atoms with Gasteiger partial charge in [-0.1, -0.05) is 5.11 Å². The number of hydrogen-bond acceptors (Lipinski definition) is 5. The highest BCUT2D eigenvalue weighted by molar-refractivity contribution is 5.98. The summed E-state index contributed by atoms with van der Waals surface area (Å²) >= 11 is 0. The van der Waals surface area contributed by atoms with E-state index >= 15 is 0 Å². The number of carbonyl (C=O) groups excluding carboxylic acids is 2. The van der Waals surface area contributed by atoms with Crippen molar-refractivity contribution in [3.63, 3.8) is 0 Å². The summed E-state index contributed by atoms with van der Waals surface area (Å²) in [6.07, 6.45) is 0.434. The van der Waals surface area contributed by atoms with Crippen molar-refractivity contribution in [1.82, 2.24) is 4.90 Å². The van der Waals surface area contributed by atoms with E-state index in [1.807, 2.05) is 0 Å². The van der Waals surface area contributed by atoms with Crippen molar-refractivity contribution in [3.8, 4) is 0 Å². The molecular formula is C9H8N4O5. The third kappa shape index (κ3) is 1.87. The Balaban J connectivity index is 2.16. The number of carboxylic acids is 1. The smallest absolute Gasteiger partial charge is 0.356 e. The lowest BCUT2D eigenvalue weighted by Crippen LogP contribution is -2.49. The summed E-state index contributed by atoms with van der Waals surface area (Å²) in [5, 5.41) is 12.0. The normalized spacial score (nSPS) is 21.0. The molecule has 18 heavy (non-hydrogen) atoms. The first kappa shape index (κ1) is 11.9. The van der Waals surface area contributed by atoms with Gasteiger partial charge in [0.15, 0.2) is 5.70 Å². The fraction of sp³-hybridized carbons (Fsp3) is 0.444. The van der Waals surface area contributed by atoms with E-state index in [0.717, 1.165) is 4.90 Å². The molecular weight excluding hydrogens is 244 g/mol. The van der Waals surface area contributed by atoms with Crippen molar-refractivity contribution in [3.05, 3.63) is 21.9 Å². The van der Waals surface area contributed by atoms with E-state index in [1.165, 1.54) is 0 Å². The van der Waals surface area contributed by atoms with Crippen LogP contribution in [0, 0.1) is 0 Å². The number of ether oxygens (including phenoxy) is 1. The Kier molecular flexibility index (Phi) is 2.90. The van der Waals surface area contributed by atoms with Crippen molar-refractivity contribution in [1.29, 1.82) is 0 Å². The molecule has 0 aromatic carbocycles. The van der Waals surface area contributed by atoms with Gasteiger partial charge in [0, 0.05) is 17.8 Å². The molecule has 1 fully saturated rings. The number of aliphatic carboxylic acids is 1. The van der Waals surface area contributed by atoms with Gasteiger partial charge in [-0.15, -0.1) is 0 Å². The number of carboxylic acid groups (broad SMARTS) is 1. The zero-order valence-corrected chi connectivity index (χ0v) is 9.07. The van der Waals surface area contributed by atoms with Crippen LogP contribution in [0.15, 0.2) is 16.6 Å². The summed E-state index contributed by atoms with van der Waals surface area (Å²) in [5.41, 5.74) is 7.74. The fourth-order valence-corrected chi connectivity index (χ4v) is 1.97. The maximum Gasteiger partial charge on any atom is 0.356 e. The first-order valence-corrected chi connectivity index (χ1v) is 5.04. The highest BCUT2D eigenvalue weighted by atomic mass is 16.5. The van der Waals surface area contributed by atoms with Crippen LogP contribution in [0.1, 0.15) is 12.8 Å². The lowest BCUT2D eigenvalue weighted by atomic mass is 10.0. The van der Waals surface area contributed by atoms with E-state index in [9.17, 15) is 14.4 Å². The van der Waals surface area contributed by atoms with E-state index in [1.54, 1.807) is 0 Å². The van der Waals surface area contributed by atoms with Crippen LogP contribution in [0.2, 0.25) is 0 Å². The van der Waals surface area contributed by atoms with Gasteiger partial charge in [0.2, 0.25) is 5.91 Å². The SMILES string of the molecule is [N-]=[N+]=NCC(=O)OC1=C(C(=O)O)N2C(=O)CC2C1. The van der Waals surface area contributed by atoms with Gasteiger partial charge >= 0.3 is 11.9 Å². The summed E-state index contributed by atoms with van der Waals surface area (Å²) in [6, 6.07) is -0.245. The number of hydrogen-bond donors (Lipinski definition) is 1. The number of fused-ring (bicyclic) bond motifs is 1. The molecule has 9 nitrogen and oxygen atoms in total. The lowest BCUT2D eigenvalue weighted by Gasteiger charge is -2.34. The molecule has 1 amide bonds. The van der Waals surface area contributed by atoms with Crippen molar-refractivity contribution < 1.29 is 24.2 Å². The molecule has 0 bridgehead atoms. The fourth-order valence-electron chi connectivity index (χ4n) is 1.97. The second-order valence-corrected chi connectivity index (χ2v) is 3.77.